The van der Waals surface area contributed by atoms with Crippen molar-refractivity contribution in [3.8, 4) is 0 Å². The van der Waals surface area contributed by atoms with Crippen LogP contribution in [0, 0.1) is 6.92 Å². The van der Waals surface area contributed by atoms with Gasteiger partial charge in [0.2, 0.25) is 0 Å². The van der Waals surface area contributed by atoms with E-state index in [1.54, 1.807) is 0 Å². The molecule has 0 saturated carbocycles. The van der Waals surface area contributed by atoms with Gasteiger partial charge in [0.1, 0.15) is 0 Å². The number of aryl methyl sites for hydroxylation is 1. The Morgan fingerprint density at radius 3 is 2.71 bits per heavy atom. The minimum atomic E-state index is 0.630. The number of fused-ring (bicyclic) bond motifs is 1. The maximum atomic E-state index is 5.37. The number of hydrogen-bond donors (Lipinski definition) is 3. The van der Waals surface area contributed by atoms with Gasteiger partial charge in [0.15, 0.2) is 5.11 Å². The van der Waals surface area contributed by atoms with Crippen LogP contribution in [0.15, 0.2) is 54.6 Å². The molecule has 0 spiro atoms. The van der Waals surface area contributed by atoms with Crippen LogP contribution < -0.4 is 10.6 Å². The summed E-state index contributed by atoms with van der Waals surface area (Å²) < 4.78 is 0. The standard InChI is InChI=1S/C17H17N3S/c1-12-10-14-15(19-12)8-5-9-16(14)20-17(21)18-11-13-6-3-2-4-7-13/h2-10,19H,11H2,1H3,(H2,18,20,21). The zero-order chi connectivity index (χ0) is 14.7. The lowest BCUT2D eigenvalue weighted by atomic mass is 10.2. The Kier molecular flexibility index (Phi) is 3.88. The number of aromatic nitrogens is 1. The minimum Gasteiger partial charge on any atom is -0.359 e. The number of aromatic amines is 1. The van der Waals surface area contributed by atoms with E-state index >= 15 is 0 Å². The second-order valence-corrected chi connectivity index (χ2v) is 5.42. The van der Waals surface area contributed by atoms with Crippen molar-refractivity contribution in [1.29, 1.82) is 0 Å². The number of thiocarbonyl (C=S) groups is 1. The molecule has 0 aliphatic carbocycles. The lowest BCUT2D eigenvalue weighted by Gasteiger charge is -2.11. The average molecular weight is 295 g/mol. The number of H-pyrrole nitrogens is 1. The number of hydrogen-bond acceptors (Lipinski definition) is 1. The van der Waals surface area contributed by atoms with E-state index in [0.717, 1.165) is 28.8 Å². The molecule has 0 amide bonds. The van der Waals surface area contributed by atoms with Crippen molar-refractivity contribution in [2.75, 3.05) is 5.32 Å². The van der Waals surface area contributed by atoms with Crippen molar-refractivity contribution in [2.24, 2.45) is 0 Å². The second-order valence-electron chi connectivity index (χ2n) is 5.01. The predicted octanol–water partition coefficient (Wildman–Crippen LogP) is 3.96. The van der Waals surface area contributed by atoms with Gasteiger partial charge in [-0.3, -0.25) is 0 Å². The van der Waals surface area contributed by atoms with Gasteiger partial charge in [-0.25, -0.2) is 0 Å². The van der Waals surface area contributed by atoms with Gasteiger partial charge in [-0.1, -0.05) is 36.4 Å². The first-order valence-electron chi connectivity index (χ1n) is 6.89. The lowest BCUT2D eigenvalue weighted by Crippen LogP contribution is -2.27. The van der Waals surface area contributed by atoms with Crippen LogP contribution in [0.4, 0.5) is 5.69 Å². The van der Waals surface area contributed by atoms with Crippen LogP contribution in [0.25, 0.3) is 10.9 Å². The maximum absolute atomic E-state index is 5.37. The van der Waals surface area contributed by atoms with Gasteiger partial charge in [0.25, 0.3) is 0 Å². The maximum Gasteiger partial charge on any atom is 0.171 e. The minimum absolute atomic E-state index is 0.630. The summed E-state index contributed by atoms with van der Waals surface area (Å²) in [4.78, 5) is 3.33. The number of benzene rings is 2. The molecule has 1 heterocycles. The van der Waals surface area contributed by atoms with Crippen molar-refractivity contribution in [1.82, 2.24) is 10.3 Å². The van der Waals surface area contributed by atoms with Crippen molar-refractivity contribution < 1.29 is 0 Å². The molecule has 4 heteroatoms. The Labute approximate surface area is 129 Å². The van der Waals surface area contributed by atoms with E-state index in [2.05, 4.69) is 46.8 Å². The molecule has 0 aliphatic heterocycles. The fourth-order valence-corrected chi connectivity index (χ4v) is 2.53. The molecule has 0 atom stereocenters. The second kappa shape index (κ2) is 5.97. The SMILES string of the molecule is Cc1cc2c(NC(=S)NCc3ccccc3)cccc2[nH]1. The normalized spacial score (nSPS) is 10.5. The molecule has 1 aromatic heterocycles. The Bertz CT molecular complexity index is 762. The van der Waals surface area contributed by atoms with E-state index in [9.17, 15) is 0 Å². The molecular weight excluding hydrogens is 278 g/mol. The van der Waals surface area contributed by atoms with E-state index < -0.39 is 0 Å². The molecule has 3 rings (SSSR count). The molecule has 0 radical (unpaired) electrons. The molecular formula is C17H17N3S. The predicted molar refractivity (Wildman–Crippen MR) is 92.5 cm³/mol. The van der Waals surface area contributed by atoms with Crippen molar-refractivity contribution in [3.63, 3.8) is 0 Å². The lowest BCUT2D eigenvalue weighted by molar-refractivity contribution is 0.926. The first-order chi connectivity index (χ1) is 10.2. The molecule has 0 fully saturated rings. The molecule has 21 heavy (non-hydrogen) atoms. The van der Waals surface area contributed by atoms with Crippen molar-refractivity contribution in [2.45, 2.75) is 13.5 Å². The first kappa shape index (κ1) is 13.6. The van der Waals surface area contributed by atoms with Crippen LogP contribution in [-0.2, 0) is 6.54 Å². The summed E-state index contributed by atoms with van der Waals surface area (Å²) in [5.74, 6) is 0. The average Bonchev–Trinajstić information content (AvgIpc) is 2.88. The number of nitrogens with one attached hydrogen (secondary N) is 3. The Balaban J connectivity index is 1.69. The van der Waals surface area contributed by atoms with Crippen LogP contribution >= 0.6 is 12.2 Å². The van der Waals surface area contributed by atoms with Gasteiger partial charge >= 0.3 is 0 Å². The van der Waals surface area contributed by atoms with Gasteiger partial charge in [0, 0.05) is 28.8 Å². The van der Waals surface area contributed by atoms with Crippen molar-refractivity contribution in [3.05, 3.63) is 65.9 Å². The van der Waals surface area contributed by atoms with Crippen LogP contribution in [0.2, 0.25) is 0 Å². The van der Waals surface area contributed by atoms with E-state index in [1.165, 1.54) is 5.56 Å². The van der Waals surface area contributed by atoms with E-state index in [1.807, 2.05) is 30.3 Å². The van der Waals surface area contributed by atoms with Crippen LogP contribution in [-0.4, -0.2) is 10.1 Å². The fourth-order valence-electron chi connectivity index (χ4n) is 2.35. The Morgan fingerprint density at radius 2 is 1.90 bits per heavy atom. The zero-order valence-electron chi connectivity index (χ0n) is 11.8. The summed E-state index contributed by atoms with van der Waals surface area (Å²) in [5, 5.41) is 8.28. The van der Waals surface area contributed by atoms with E-state index in [-0.39, 0.29) is 0 Å². The highest BCUT2D eigenvalue weighted by atomic mass is 32.1. The molecule has 0 unspecified atom stereocenters. The molecule has 0 bridgehead atoms. The molecule has 3 N–H and O–H groups in total. The molecule has 106 valence electrons. The van der Waals surface area contributed by atoms with Gasteiger partial charge < -0.3 is 15.6 Å². The van der Waals surface area contributed by atoms with Crippen LogP contribution in [0.3, 0.4) is 0 Å². The summed E-state index contributed by atoms with van der Waals surface area (Å²) >= 11 is 5.37. The number of anilines is 1. The van der Waals surface area contributed by atoms with Gasteiger partial charge in [-0.15, -0.1) is 0 Å². The number of rotatable bonds is 3. The summed E-state index contributed by atoms with van der Waals surface area (Å²) in [7, 11) is 0. The monoisotopic (exact) mass is 295 g/mol. The zero-order valence-corrected chi connectivity index (χ0v) is 12.6. The van der Waals surface area contributed by atoms with Crippen LogP contribution in [0.1, 0.15) is 11.3 Å². The molecule has 0 saturated heterocycles. The van der Waals surface area contributed by atoms with Gasteiger partial charge in [0.05, 0.1) is 0 Å². The molecule has 2 aromatic carbocycles. The summed E-state index contributed by atoms with van der Waals surface area (Å²) in [5.41, 5.74) is 4.48. The fraction of sp³-hybridized carbons (Fsp3) is 0.118. The highest BCUT2D eigenvalue weighted by Gasteiger charge is 2.05. The molecule has 0 aliphatic rings. The first-order valence-corrected chi connectivity index (χ1v) is 7.30. The summed E-state index contributed by atoms with van der Waals surface area (Å²) in [6, 6.07) is 18.4. The Hall–Kier alpha value is -2.33. The third-order valence-corrected chi connectivity index (χ3v) is 3.59. The van der Waals surface area contributed by atoms with Crippen molar-refractivity contribution >= 4 is 33.9 Å². The quantitative estimate of drug-likeness (QED) is 0.640. The largest absolute Gasteiger partial charge is 0.359 e. The highest BCUT2D eigenvalue weighted by Crippen LogP contribution is 2.23. The molecule has 3 aromatic rings. The highest BCUT2D eigenvalue weighted by molar-refractivity contribution is 7.80. The van der Waals surface area contributed by atoms with E-state index in [0.29, 0.717) is 5.11 Å². The summed E-state index contributed by atoms with van der Waals surface area (Å²) in [6.45, 7) is 2.77. The molecule has 3 nitrogen and oxygen atoms in total. The van der Waals surface area contributed by atoms with Gasteiger partial charge in [-0.05, 0) is 42.9 Å². The third-order valence-electron chi connectivity index (χ3n) is 3.34. The van der Waals surface area contributed by atoms with E-state index in [4.69, 9.17) is 12.2 Å². The smallest absolute Gasteiger partial charge is 0.171 e. The third kappa shape index (κ3) is 3.23. The van der Waals surface area contributed by atoms with Gasteiger partial charge in [-0.2, -0.15) is 0 Å². The summed E-state index contributed by atoms with van der Waals surface area (Å²) in [6.07, 6.45) is 0. The Morgan fingerprint density at radius 1 is 1.10 bits per heavy atom. The topological polar surface area (TPSA) is 39.8 Å². The van der Waals surface area contributed by atoms with Crippen LogP contribution in [0.5, 0.6) is 0 Å².